The third-order valence-electron chi connectivity index (χ3n) is 2.96. The van der Waals surface area contributed by atoms with Gasteiger partial charge in [-0.15, -0.1) is 0 Å². The third kappa shape index (κ3) is 3.13. The third-order valence-corrected chi connectivity index (χ3v) is 4.19. The average molecular weight is 254 g/mol. The molecule has 94 valence electrons. The Bertz CT molecular complexity index is 387. The lowest BCUT2D eigenvalue weighted by atomic mass is 10.1. The van der Waals surface area contributed by atoms with Gasteiger partial charge in [-0.05, 0) is 23.8 Å². The molecule has 0 amide bonds. The van der Waals surface area contributed by atoms with Crippen LogP contribution < -0.4 is 10.6 Å². The van der Waals surface area contributed by atoms with Crippen LogP contribution in [0.3, 0.4) is 0 Å². The Morgan fingerprint density at radius 2 is 1.94 bits per heavy atom. The second kappa shape index (κ2) is 5.27. The Morgan fingerprint density at radius 3 is 2.53 bits per heavy atom. The summed E-state index contributed by atoms with van der Waals surface area (Å²) in [7, 11) is 0. The maximum absolute atomic E-state index is 13.5. The summed E-state index contributed by atoms with van der Waals surface area (Å²) in [5, 5.41) is 1.17. The van der Waals surface area contributed by atoms with Crippen LogP contribution in [-0.2, 0) is 6.54 Å². The Labute approximate surface area is 106 Å². The van der Waals surface area contributed by atoms with E-state index in [2.05, 4.69) is 18.7 Å². The minimum absolute atomic E-state index is 0.193. The molecule has 0 saturated carbocycles. The number of thioether (sulfide) groups is 1. The highest BCUT2D eigenvalue weighted by Gasteiger charge is 2.22. The predicted molar refractivity (Wildman–Crippen MR) is 73.0 cm³/mol. The van der Waals surface area contributed by atoms with Crippen molar-refractivity contribution in [3.63, 3.8) is 0 Å². The van der Waals surface area contributed by atoms with Crippen LogP contribution in [0.25, 0.3) is 0 Å². The lowest BCUT2D eigenvalue weighted by Crippen LogP contribution is -2.40. The number of hydrogen-bond donors (Lipinski definition) is 1. The van der Waals surface area contributed by atoms with Gasteiger partial charge < -0.3 is 10.6 Å². The summed E-state index contributed by atoms with van der Waals surface area (Å²) in [6, 6.07) is 5.11. The molecule has 1 heterocycles. The van der Waals surface area contributed by atoms with E-state index in [9.17, 15) is 4.39 Å². The zero-order valence-corrected chi connectivity index (χ0v) is 11.1. The number of hydrogen-bond acceptors (Lipinski definition) is 3. The van der Waals surface area contributed by atoms with E-state index in [-0.39, 0.29) is 5.82 Å². The van der Waals surface area contributed by atoms with Gasteiger partial charge in [0.05, 0.1) is 0 Å². The summed E-state index contributed by atoms with van der Waals surface area (Å²) < 4.78 is 13.5. The molecule has 1 fully saturated rings. The topological polar surface area (TPSA) is 29.3 Å². The van der Waals surface area contributed by atoms with Crippen LogP contribution in [-0.4, -0.2) is 23.6 Å². The molecule has 0 radical (unpaired) electrons. The molecule has 17 heavy (non-hydrogen) atoms. The molecule has 0 spiro atoms. The summed E-state index contributed by atoms with van der Waals surface area (Å²) >= 11 is 1.99. The van der Waals surface area contributed by atoms with Crippen molar-refractivity contribution in [2.24, 2.45) is 5.73 Å². The fraction of sp³-hybridized carbons (Fsp3) is 0.538. The Kier molecular flexibility index (Phi) is 3.94. The minimum Gasteiger partial charge on any atom is -0.369 e. The van der Waals surface area contributed by atoms with Crippen molar-refractivity contribution in [3.8, 4) is 0 Å². The quantitative estimate of drug-likeness (QED) is 0.879. The second-order valence-electron chi connectivity index (χ2n) is 4.68. The Morgan fingerprint density at radius 1 is 1.29 bits per heavy atom. The standard InChI is InChI=1S/C13H19FN2S/c1-9-7-16(8-10(2)17-9)13-4-11(6-15)3-12(14)5-13/h3-5,9-10H,6-8,15H2,1-2H3. The van der Waals surface area contributed by atoms with Crippen LogP contribution in [0.15, 0.2) is 18.2 Å². The van der Waals surface area contributed by atoms with Gasteiger partial charge in [0.2, 0.25) is 0 Å². The fourth-order valence-electron chi connectivity index (χ4n) is 2.32. The summed E-state index contributed by atoms with van der Waals surface area (Å²) in [5.41, 5.74) is 7.40. The van der Waals surface area contributed by atoms with E-state index >= 15 is 0 Å². The van der Waals surface area contributed by atoms with Gasteiger partial charge >= 0.3 is 0 Å². The van der Waals surface area contributed by atoms with Gasteiger partial charge in [-0.1, -0.05) is 13.8 Å². The molecule has 1 saturated heterocycles. The van der Waals surface area contributed by atoms with Crippen LogP contribution in [0.4, 0.5) is 10.1 Å². The molecule has 2 atom stereocenters. The van der Waals surface area contributed by atoms with E-state index in [4.69, 9.17) is 5.73 Å². The molecular weight excluding hydrogens is 235 g/mol. The van der Waals surface area contributed by atoms with Gasteiger partial charge in [0.1, 0.15) is 5.82 Å². The molecule has 1 aromatic rings. The van der Waals surface area contributed by atoms with E-state index in [0.717, 1.165) is 24.3 Å². The second-order valence-corrected chi connectivity index (χ2v) is 6.57. The van der Waals surface area contributed by atoms with E-state index in [1.54, 1.807) is 6.07 Å². The number of rotatable bonds is 2. The summed E-state index contributed by atoms with van der Waals surface area (Å²) in [4.78, 5) is 2.26. The molecule has 1 aliphatic heterocycles. The molecular formula is C13H19FN2S. The first kappa shape index (κ1) is 12.7. The van der Waals surface area contributed by atoms with Crippen LogP contribution in [0.1, 0.15) is 19.4 Å². The molecule has 0 bridgehead atoms. The van der Waals surface area contributed by atoms with Crippen molar-refractivity contribution in [1.82, 2.24) is 0 Å². The van der Waals surface area contributed by atoms with Crippen LogP contribution >= 0.6 is 11.8 Å². The monoisotopic (exact) mass is 254 g/mol. The lowest BCUT2D eigenvalue weighted by Gasteiger charge is -2.36. The fourth-order valence-corrected chi connectivity index (χ4v) is 3.65. The zero-order valence-electron chi connectivity index (χ0n) is 10.3. The van der Waals surface area contributed by atoms with E-state index < -0.39 is 0 Å². The molecule has 1 aromatic carbocycles. The number of nitrogens with two attached hydrogens (primary N) is 1. The molecule has 2 unspecified atom stereocenters. The Balaban J connectivity index is 2.23. The SMILES string of the molecule is CC1CN(c2cc(F)cc(CN)c2)CC(C)S1. The molecule has 2 N–H and O–H groups in total. The zero-order chi connectivity index (χ0) is 12.4. The van der Waals surface area contributed by atoms with Crippen molar-refractivity contribution < 1.29 is 4.39 Å². The first-order chi connectivity index (χ1) is 8.08. The summed E-state index contributed by atoms with van der Waals surface area (Å²) in [6.45, 7) is 6.77. The first-order valence-corrected chi connectivity index (χ1v) is 6.92. The van der Waals surface area contributed by atoms with Gasteiger partial charge in [-0.3, -0.25) is 0 Å². The maximum Gasteiger partial charge on any atom is 0.125 e. The lowest BCUT2D eigenvalue weighted by molar-refractivity contribution is 0.622. The number of nitrogens with zero attached hydrogens (tertiary/aromatic N) is 1. The number of halogens is 1. The van der Waals surface area contributed by atoms with Crippen molar-refractivity contribution in [1.29, 1.82) is 0 Å². The largest absolute Gasteiger partial charge is 0.369 e. The number of benzene rings is 1. The van der Waals surface area contributed by atoms with E-state index in [1.165, 1.54) is 6.07 Å². The van der Waals surface area contributed by atoms with Crippen molar-refractivity contribution in [2.75, 3.05) is 18.0 Å². The van der Waals surface area contributed by atoms with Crippen molar-refractivity contribution in [3.05, 3.63) is 29.6 Å². The van der Waals surface area contributed by atoms with Gasteiger partial charge in [-0.25, -0.2) is 4.39 Å². The van der Waals surface area contributed by atoms with Crippen molar-refractivity contribution in [2.45, 2.75) is 30.9 Å². The molecule has 2 rings (SSSR count). The molecule has 0 aliphatic carbocycles. The van der Waals surface area contributed by atoms with Gasteiger partial charge in [0, 0.05) is 35.8 Å². The van der Waals surface area contributed by atoms with Crippen LogP contribution in [0.5, 0.6) is 0 Å². The smallest absolute Gasteiger partial charge is 0.125 e. The summed E-state index contributed by atoms with van der Waals surface area (Å²) in [6.07, 6.45) is 0. The molecule has 2 nitrogen and oxygen atoms in total. The normalized spacial score (nSPS) is 25.1. The molecule has 1 aliphatic rings. The maximum atomic E-state index is 13.5. The van der Waals surface area contributed by atoms with E-state index in [1.807, 2.05) is 17.8 Å². The summed E-state index contributed by atoms with van der Waals surface area (Å²) in [5.74, 6) is -0.193. The van der Waals surface area contributed by atoms with Gasteiger partial charge in [0.15, 0.2) is 0 Å². The van der Waals surface area contributed by atoms with E-state index in [0.29, 0.717) is 17.0 Å². The minimum atomic E-state index is -0.193. The Hall–Kier alpha value is -0.740. The predicted octanol–water partition coefficient (Wildman–Crippen LogP) is 2.61. The average Bonchev–Trinajstić information content (AvgIpc) is 2.26. The first-order valence-electron chi connectivity index (χ1n) is 5.98. The molecule has 0 aromatic heterocycles. The number of anilines is 1. The highest BCUT2D eigenvalue weighted by molar-refractivity contribution is 8.00. The van der Waals surface area contributed by atoms with Crippen molar-refractivity contribution >= 4 is 17.4 Å². The van der Waals surface area contributed by atoms with Gasteiger partial charge in [0.25, 0.3) is 0 Å². The van der Waals surface area contributed by atoms with Crippen LogP contribution in [0, 0.1) is 5.82 Å². The highest BCUT2D eigenvalue weighted by Crippen LogP contribution is 2.29. The highest BCUT2D eigenvalue weighted by atomic mass is 32.2. The van der Waals surface area contributed by atoms with Crippen LogP contribution in [0.2, 0.25) is 0 Å². The molecule has 4 heteroatoms. The van der Waals surface area contributed by atoms with Gasteiger partial charge in [-0.2, -0.15) is 11.8 Å².